The molecule has 5 rings (SSSR count). The van der Waals surface area contributed by atoms with Crippen LogP contribution in [-0.4, -0.2) is 100 Å². The second-order valence-electron chi connectivity index (χ2n) is 13.6. The molecule has 0 unspecified atom stereocenters. The third kappa shape index (κ3) is 7.56. The summed E-state index contributed by atoms with van der Waals surface area (Å²) in [5, 5.41) is 3.28. The molecule has 244 valence electrons. The number of carbonyl (C=O) groups is 1. The summed E-state index contributed by atoms with van der Waals surface area (Å²) < 4.78 is 39.5. The summed E-state index contributed by atoms with van der Waals surface area (Å²) in [5.74, 6) is -0.343. The van der Waals surface area contributed by atoms with Gasteiger partial charge in [0.2, 0.25) is 5.88 Å². The Balaban J connectivity index is 1.46. The van der Waals surface area contributed by atoms with E-state index in [0.29, 0.717) is 31.8 Å². The van der Waals surface area contributed by atoms with Gasteiger partial charge in [-0.3, -0.25) is 4.90 Å². The molecule has 1 amide bonds. The first kappa shape index (κ1) is 32.7. The van der Waals surface area contributed by atoms with Crippen molar-refractivity contribution >= 4 is 34.4 Å². The van der Waals surface area contributed by atoms with Gasteiger partial charge in [-0.2, -0.15) is 15.0 Å². The molecule has 4 atom stereocenters. The Kier molecular flexibility index (Phi) is 9.63. The van der Waals surface area contributed by atoms with Gasteiger partial charge in [-0.1, -0.05) is 18.5 Å². The maximum atomic E-state index is 15.5. The van der Waals surface area contributed by atoms with Crippen LogP contribution in [0.25, 0.3) is 10.9 Å². The Morgan fingerprint density at radius 3 is 2.59 bits per heavy atom. The van der Waals surface area contributed by atoms with Crippen LogP contribution < -0.4 is 14.8 Å². The van der Waals surface area contributed by atoms with Gasteiger partial charge in [0.25, 0.3) is 0 Å². The molecule has 0 spiro atoms. The fourth-order valence-corrected chi connectivity index (χ4v) is 6.28. The van der Waals surface area contributed by atoms with Crippen LogP contribution in [0.5, 0.6) is 11.9 Å². The third-order valence-corrected chi connectivity index (χ3v) is 8.73. The molecule has 0 radical (unpaired) electrons. The smallest absolute Gasteiger partial charge is 0.410 e. The molecule has 11 nitrogen and oxygen atoms in total. The van der Waals surface area contributed by atoms with Crippen LogP contribution in [0.4, 0.5) is 15.0 Å². The van der Waals surface area contributed by atoms with Crippen molar-refractivity contribution < 1.29 is 28.1 Å². The fraction of sp³-hybridized carbons (Fsp3) is 0.742. The number of nitrogens with one attached hydrogen (secondary N) is 1. The minimum Gasteiger partial charge on any atom is -0.474 e. The van der Waals surface area contributed by atoms with Gasteiger partial charge < -0.3 is 29.2 Å². The number of ether oxygens (including phenoxy) is 4. The lowest BCUT2D eigenvalue weighted by molar-refractivity contribution is -0.0273. The minimum absolute atomic E-state index is 0.00276. The van der Waals surface area contributed by atoms with E-state index in [1.165, 1.54) is 0 Å². The summed E-state index contributed by atoms with van der Waals surface area (Å²) in [6, 6.07) is -0.436. The lowest BCUT2D eigenvalue weighted by Crippen LogP contribution is -2.51. The standard InChI is InChI=1S/C31H46ClFN6O5/c1-8-21-14-34-26-22-24(35-28(37-26)42-17-31(9-10-31)16-38-11-12-41-20(4)15-38)23(33)25(32)36-27(22)43-19(3)13-18(2)39(21)29(40)44-30(5,6)7/h18-21H,8-17H2,1-7H3,(H,34,35,37)/t18-,19-,20+,21+/m0/s1. The number of morpholine rings is 1. The summed E-state index contributed by atoms with van der Waals surface area (Å²) in [7, 11) is 0. The van der Waals surface area contributed by atoms with Crippen molar-refractivity contribution in [1.82, 2.24) is 24.8 Å². The van der Waals surface area contributed by atoms with E-state index in [1.54, 1.807) is 4.90 Å². The van der Waals surface area contributed by atoms with E-state index in [-0.39, 0.29) is 51.5 Å². The second kappa shape index (κ2) is 13.0. The first-order chi connectivity index (χ1) is 20.8. The molecule has 1 aliphatic carbocycles. The number of halogens is 2. The van der Waals surface area contributed by atoms with Crippen LogP contribution in [0.2, 0.25) is 5.15 Å². The highest BCUT2D eigenvalue weighted by atomic mass is 35.5. The van der Waals surface area contributed by atoms with Crippen LogP contribution in [0.15, 0.2) is 0 Å². The molecule has 1 saturated heterocycles. The van der Waals surface area contributed by atoms with Crippen LogP contribution in [0.1, 0.15) is 74.1 Å². The van der Waals surface area contributed by atoms with Crippen molar-refractivity contribution in [1.29, 1.82) is 0 Å². The molecule has 0 bridgehead atoms. The molecule has 44 heavy (non-hydrogen) atoms. The molecule has 2 aliphatic heterocycles. The minimum atomic E-state index is -0.772. The van der Waals surface area contributed by atoms with Gasteiger partial charge in [0, 0.05) is 44.1 Å². The highest BCUT2D eigenvalue weighted by Gasteiger charge is 2.45. The van der Waals surface area contributed by atoms with Crippen LogP contribution >= 0.6 is 11.6 Å². The molecule has 2 aromatic rings. The zero-order valence-electron chi connectivity index (χ0n) is 26.9. The first-order valence-electron chi connectivity index (χ1n) is 15.7. The Morgan fingerprint density at radius 2 is 1.93 bits per heavy atom. The molecule has 1 saturated carbocycles. The molecule has 13 heteroatoms. The van der Waals surface area contributed by atoms with Crippen molar-refractivity contribution in [2.75, 3.05) is 44.7 Å². The zero-order chi connectivity index (χ0) is 31.8. The highest BCUT2D eigenvalue weighted by molar-refractivity contribution is 6.30. The number of rotatable bonds is 6. The van der Waals surface area contributed by atoms with Gasteiger partial charge in [0.05, 0.1) is 31.5 Å². The van der Waals surface area contributed by atoms with E-state index in [0.717, 1.165) is 39.1 Å². The van der Waals surface area contributed by atoms with E-state index >= 15 is 4.39 Å². The Hall–Kier alpha value is -2.70. The SMILES string of the molecule is CC[C@@H]1CNc2nc(OCC3(CN4CCO[C@H](C)C4)CC3)nc3c(F)c(Cl)nc(c23)O[C@@H](C)C[C@H](C)N1C(=O)OC(C)(C)C. The van der Waals surface area contributed by atoms with Gasteiger partial charge in [-0.05, 0) is 60.8 Å². The van der Waals surface area contributed by atoms with E-state index in [2.05, 4.69) is 27.1 Å². The third-order valence-electron chi connectivity index (χ3n) is 8.47. The molecule has 4 heterocycles. The fourth-order valence-electron chi connectivity index (χ4n) is 6.11. The molecular weight excluding hydrogens is 591 g/mol. The molecule has 2 fully saturated rings. The number of aromatic nitrogens is 3. The number of amides is 1. The molecular formula is C31H46ClFN6O5. The first-order valence-corrected chi connectivity index (χ1v) is 16.1. The van der Waals surface area contributed by atoms with Crippen molar-refractivity contribution in [3.05, 3.63) is 11.0 Å². The largest absolute Gasteiger partial charge is 0.474 e. The number of carbonyl (C=O) groups excluding carboxylic acids is 1. The summed E-state index contributed by atoms with van der Waals surface area (Å²) in [4.78, 5) is 31.0. The molecule has 0 aromatic carbocycles. The Morgan fingerprint density at radius 1 is 1.18 bits per heavy atom. The van der Waals surface area contributed by atoms with Gasteiger partial charge in [-0.15, -0.1) is 0 Å². The number of nitrogens with zero attached hydrogens (tertiary/aromatic N) is 5. The molecule has 3 aliphatic rings. The topological polar surface area (TPSA) is 111 Å². The van der Waals surface area contributed by atoms with E-state index in [9.17, 15) is 4.79 Å². The van der Waals surface area contributed by atoms with Gasteiger partial charge in [-0.25, -0.2) is 9.18 Å². The maximum absolute atomic E-state index is 15.5. The van der Waals surface area contributed by atoms with Crippen LogP contribution in [0.3, 0.4) is 0 Å². The van der Waals surface area contributed by atoms with Gasteiger partial charge in [0.1, 0.15) is 22.3 Å². The van der Waals surface area contributed by atoms with Gasteiger partial charge in [0.15, 0.2) is 11.0 Å². The predicted molar refractivity (Wildman–Crippen MR) is 166 cm³/mol. The van der Waals surface area contributed by atoms with Crippen molar-refractivity contribution in [3.8, 4) is 11.9 Å². The number of hydrogen-bond acceptors (Lipinski definition) is 10. The monoisotopic (exact) mass is 636 g/mol. The summed E-state index contributed by atoms with van der Waals surface area (Å²) in [6.45, 7) is 17.6. The lowest BCUT2D eigenvalue weighted by Gasteiger charge is -2.38. The lowest BCUT2D eigenvalue weighted by atomic mass is 10.1. The summed E-state index contributed by atoms with van der Waals surface area (Å²) in [5.41, 5.74) is -0.692. The zero-order valence-corrected chi connectivity index (χ0v) is 27.7. The average molecular weight is 637 g/mol. The van der Waals surface area contributed by atoms with E-state index < -0.39 is 23.6 Å². The van der Waals surface area contributed by atoms with Crippen molar-refractivity contribution in [2.45, 2.75) is 104 Å². The molecule has 1 N–H and O–H groups in total. The second-order valence-corrected chi connectivity index (χ2v) is 14.0. The van der Waals surface area contributed by atoms with Crippen molar-refractivity contribution in [2.24, 2.45) is 5.41 Å². The Labute approximate surface area is 264 Å². The van der Waals surface area contributed by atoms with E-state index in [1.807, 2.05) is 41.5 Å². The summed E-state index contributed by atoms with van der Waals surface area (Å²) >= 11 is 6.25. The van der Waals surface area contributed by atoms with Crippen LogP contribution in [0, 0.1) is 11.2 Å². The number of pyridine rings is 1. The Bertz CT molecular complexity index is 1360. The highest BCUT2D eigenvalue weighted by Crippen LogP contribution is 2.47. The predicted octanol–water partition coefficient (Wildman–Crippen LogP) is 5.68. The van der Waals surface area contributed by atoms with Gasteiger partial charge >= 0.3 is 12.1 Å². The summed E-state index contributed by atoms with van der Waals surface area (Å²) in [6.07, 6.45) is 2.60. The number of anilines is 1. The maximum Gasteiger partial charge on any atom is 0.410 e. The van der Waals surface area contributed by atoms with Crippen LogP contribution in [-0.2, 0) is 9.47 Å². The quantitative estimate of drug-likeness (QED) is 0.397. The normalized spacial score (nSPS) is 25.9. The number of hydrogen-bond donors (Lipinski definition) is 1. The van der Waals surface area contributed by atoms with Crippen molar-refractivity contribution in [3.63, 3.8) is 0 Å². The average Bonchev–Trinajstić information content (AvgIpc) is 3.70. The molecule has 2 aromatic heterocycles. The van der Waals surface area contributed by atoms with E-state index in [4.69, 9.17) is 35.5 Å².